The molecule has 0 unspecified atom stereocenters. The average molecular weight is 296 g/mol. The molecule has 18 heavy (non-hydrogen) atoms. The Morgan fingerprint density at radius 1 is 1.11 bits per heavy atom. The summed E-state index contributed by atoms with van der Waals surface area (Å²) in [7, 11) is -3.05. The molecule has 0 atom stereocenters. The zero-order valence-electron chi connectivity index (χ0n) is 11.6. The highest BCUT2D eigenvalue weighted by Gasteiger charge is 2.35. The van der Waals surface area contributed by atoms with Crippen molar-refractivity contribution in [2.75, 3.05) is 24.7 Å². The van der Waals surface area contributed by atoms with E-state index in [9.17, 15) is 8.42 Å². The molecular weight excluding hydrogens is 270 g/mol. The number of hydrogen-bond acceptors (Lipinski definition) is 2. The summed E-state index contributed by atoms with van der Waals surface area (Å²) in [5.41, 5.74) is 0.377. The van der Waals surface area contributed by atoms with E-state index in [2.05, 4.69) is 13.8 Å². The lowest BCUT2D eigenvalue weighted by Gasteiger charge is -2.40. The van der Waals surface area contributed by atoms with Crippen LogP contribution in [0.3, 0.4) is 0 Å². The minimum Gasteiger partial charge on any atom is -0.212 e. The van der Waals surface area contributed by atoms with Crippen LogP contribution in [0.5, 0.6) is 0 Å². The van der Waals surface area contributed by atoms with Gasteiger partial charge in [0.15, 0.2) is 0 Å². The van der Waals surface area contributed by atoms with E-state index in [1.54, 1.807) is 4.31 Å². The molecule has 0 aliphatic carbocycles. The number of halogens is 1. The van der Waals surface area contributed by atoms with E-state index in [1.807, 2.05) is 0 Å². The van der Waals surface area contributed by atoms with Crippen LogP contribution < -0.4 is 0 Å². The summed E-state index contributed by atoms with van der Waals surface area (Å²) in [6.07, 6.45) is 5.79. The van der Waals surface area contributed by atoms with Gasteiger partial charge in [0.2, 0.25) is 10.0 Å². The average Bonchev–Trinajstić information content (AvgIpc) is 2.39. The zero-order valence-corrected chi connectivity index (χ0v) is 13.2. The Labute approximate surface area is 117 Å². The molecule has 0 spiro atoms. The van der Waals surface area contributed by atoms with Gasteiger partial charge >= 0.3 is 0 Å². The fraction of sp³-hybridized carbons (Fsp3) is 1.00. The van der Waals surface area contributed by atoms with Gasteiger partial charge < -0.3 is 0 Å². The molecule has 0 N–H and O–H groups in total. The third-order valence-electron chi connectivity index (χ3n) is 4.46. The van der Waals surface area contributed by atoms with Crippen LogP contribution in [0.4, 0.5) is 0 Å². The SMILES string of the molecule is CCC1(CC)CCN(S(=O)(=O)CCCCCl)CC1. The van der Waals surface area contributed by atoms with Gasteiger partial charge in [-0.15, -0.1) is 11.6 Å². The molecule has 0 bridgehead atoms. The predicted molar refractivity (Wildman–Crippen MR) is 77.6 cm³/mol. The quantitative estimate of drug-likeness (QED) is 0.534. The summed E-state index contributed by atoms with van der Waals surface area (Å²) in [4.78, 5) is 0. The Morgan fingerprint density at radius 2 is 1.67 bits per heavy atom. The Morgan fingerprint density at radius 3 is 2.11 bits per heavy atom. The third-order valence-corrected chi connectivity index (χ3v) is 6.69. The van der Waals surface area contributed by atoms with Crippen molar-refractivity contribution < 1.29 is 8.42 Å². The fourth-order valence-electron chi connectivity index (χ4n) is 2.70. The monoisotopic (exact) mass is 295 g/mol. The van der Waals surface area contributed by atoms with Crippen LogP contribution in [-0.4, -0.2) is 37.4 Å². The van der Waals surface area contributed by atoms with E-state index in [0.29, 0.717) is 30.8 Å². The Kier molecular flexibility index (Phi) is 6.42. The second-order valence-corrected chi connectivity index (χ2v) is 7.78. The maximum Gasteiger partial charge on any atom is 0.214 e. The van der Waals surface area contributed by atoms with E-state index < -0.39 is 10.0 Å². The van der Waals surface area contributed by atoms with Gasteiger partial charge in [-0.1, -0.05) is 26.7 Å². The van der Waals surface area contributed by atoms with Crippen molar-refractivity contribution in [2.24, 2.45) is 5.41 Å². The summed E-state index contributed by atoms with van der Waals surface area (Å²) in [6, 6.07) is 0. The lowest BCUT2D eigenvalue weighted by Crippen LogP contribution is -2.43. The molecule has 1 saturated heterocycles. The van der Waals surface area contributed by atoms with Crippen molar-refractivity contribution in [3.63, 3.8) is 0 Å². The molecule has 1 fully saturated rings. The second-order valence-electron chi connectivity index (χ2n) is 5.32. The normalized spacial score (nSPS) is 21.1. The topological polar surface area (TPSA) is 37.4 Å². The van der Waals surface area contributed by atoms with Crippen molar-refractivity contribution in [3.8, 4) is 0 Å². The second kappa shape index (κ2) is 7.11. The van der Waals surface area contributed by atoms with Crippen molar-refractivity contribution >= 4 is 21.6 Å². The van der Waals surface area contributed by atoms with Crippen molar-refractivity contribution in [3.05, 3.63) is 0 Å². The molecule has 0 aromatic heterocycles. The summed E-state index contributed by atoms with van der Waals surface area (Å²) < 4.78 is 25.9. The van der Waals surface area contributed by atoms with Crippen LogP contribution in [-0.2, 0) is 10.0 Å². The molecule has 108 valence electrons. The number of nitrogens with zero attached hydrogens (tertiary/aromatic N) is 1. The van der Waals surface area contributed by atoms with Crippen LogP contribution in [0, 0.1) is 5.41 Å². The Bertz CT molecular complexity index is 329. The standard InChI is InChI=1S/C13H26ClNO2S/c1-3-13(4-2)7-10-15(11-8-13)18(16,17)12-6-5-9-14/h3-12H2,1-2H3. The van der Waals surface area contributed by atoms with Crippen molar-refractivity contribution in [2.45, 2.75) is 52.4 Å². The molecule has 0 saturated carbocycles. The largest absolute Gasteiger partial charge is 0.214 e. The maximum atomic E-state index is 12.1. The minimum absolute atomic E-state index is 0.255. The number of piperidine rings is 1. The number of unbranched alkanes of at least 4 members (excludes halogenated alkanes) is 1. The van der Waals surface area contributed by atoms with E-state index in [1.165, 1.54) is 0 Å². The lowest BCUT2D eigenvalue weighted by molar-refractivity contribution is 0.141. The van der Waals surface area contributed by atoms with Crippen LogP contribution in [0.2, 0.25) is 0 Å². The van der Waals surface area contributed by atoms with Gasteiger partial charge in [0.1, 0.15) is 0 Å². The van der Waals surface area contributed by atoms with Gasteiger partial charge in [0.25, 0.3) is 0 Å². The highest BCUT2D eigenvalue weighted by atomic mass is 35.5. The molecule has 0 aromatic rings. The molecule has 3 nitrogen and oxygen atoms in total. The number of alkyl halides is 1. The van der Waals surface area contributed by atoms with Crippen LogP contribution in [0.15, 0.2) is 0 Å². The maximum absolute atomic E-state index is 12.1. The summed E-state index contributed by atoms with van der Waals surface area (Å²) in [5, 5.41) is 0. The van der Waals surface area contributed by atoms with E-state index in [-0.39, 0.29) is 5.75 Å². The van der Waals surface area contributed by atoms with Gasteiger partial charge in [0, 0.05) is 19.0 Å². The summed E-state index contributed by atoms with van der Waals surface area (Å²) in [6.45, 7) is 5.83. The van der Waals surface area contributed by atoms with Crippen LogP contribution in [0.1, 0.15) is 52.4 Å². The lowest BCUT2D eigenvalue weighted by atomic mass is 9.75. The molecule has 0 aromatic carbocycles. The van der Waals surface area contributed by atoms with Crippen molar-refractivity contribution in [1.82, 2.24) is 4.31 Å². The first-order chi connectivity index (χ1) is 8.49. The highest BCUT2D eigenvalue weighted by Crippen LogP contribution is 2.38. The first-order valence-electron chi connectivity index (χ1n) is 7.03. The molecule has 1 aliphatic rings. The first-order valence-corrected chi connectivity index (χ1v) is 9.18. The number of rotatable bonds is 7. The van der Waals surface area contributed by atoms with Gasteiger partial charge in [-0.25, -0.2) is 12.7 Å². The molecule has 1 rings (SSSR count). The minimum atomic E-state index is -3.05. The van der Waals surface area contributed by atoms with E-state index in [4.69, 9.17) is 11.6 Å². The third kappa shape index (κ3) is 4.10. The molecular formula is C13H26ClNO2S. The molecule has 5 heteroatoms. The summed E-state index contributed by atoms with van der Waals surface area (Å²) >= 11 is 5.58. The van der Waals surface area contributed by atoms with E-state index >= 15 is 0 Å². The number of hydrogen-bond donors (Lipinski definition) is 0. The molecule has 1 aliphatic heterocycles. The van der Waals surface area contributed by atoms with Gasteiger partial charge in [-0.2, -0.15) is 0 Å². The van der Waals surface area contributed by atoms with E-state index in [0.717, 1.165) is 32.1 Å². The van der Waals surface area contributed by atoms with Gasteiger partial charge in [0.05, 0.1) is 5.75 Å². The smallest absolute Gasteiger partial charge is 0.212 e. The number of sulfonamides is 1. The summed E-state index contributed by atoms with van der Waals surface area (Å²) in [5.74, 6) is 0.801. The van der Waals surface area contributed by atoms with Gasteiger partial charge in [-0.3, -0.25) is 0 Å². The van der Waals surface area contributed by atoms with Gasteiger partial charge in [-0.05, 0) is 31.1 Å². The zero-order chi connectivity index (χ0) is 13.6. The first kappa shape index (κ1) is 16.3. The van der Waals surface area contributed by atoms with Crippen molar-refractivity contribution in [1.29, 1.82) is 0 Å². The predicted octanol–water partition coefficient (Wildman–Crippen LogP) is 3.24. The molecule has 0 radical (unpaired) electrons. The molecule has 0 amide bonds. The highest BCUT2D eigenvalue weighted by molar-refractivity contribution is 7.89. The molecule has 1 heterocycles. The van der Waals surface area contributed by atoms with Crippen LogP contribution >= 0.6 is 11.6 Å². The Balaban J connectivity index is 2.51. The fourth-order valence-corrected chi connectivity index (χ4v) is 4.46. The van der Waals surface area contributed by atoms with Crippen LogP contribution in [0.25, 0.3) is 0 Å². The Hall–Kier alpha value is 0.200.